The molecule has 3 heteroatoms. The number of benzene rings is 2. The lowest BCUT2D eigenvalue weighted by Crippen LogP contribution is -1.91. The minimum absolute atomic E-state index is 0.303. The van der Waals surface area contributed by atoms with Crippen molar-refractivity contribution in [3.05, 3.63) is 71.0 Å². The molecular formula is C16H16FNO. The molecule has 0 aliphatic rings. The molecule has 0 saturated heterocycles. The van der Waals surface area contributed by atoms with Crippen molar-refractivity contribution >= 4 is 6.21 Å². The molecule has 0 aliphatic heterocycles. The second-order valence-corrected chi connectivity index (χ2v) is 4.20. The van der Waals surface area contributed by atoms with Crippen LogP contribution in [0.3, 0.4) is 0 Å². The quantitative estimate of drug-likeness (QED) is 0.587. The molecule has 0 N–H and O–H groups in total. The van der Waals surface area contributed by atoms with Crippen LogP contribution in [-0.2, 0) is 17.9 Å². The number of hydrogen-bond donors (Lipinski definition) is 0. The van der Waals surface area contributed by atoms with Gasteiger partial charge in [0.15, 0.2) is 0 Å². The number of oxime groups is 1. The van der Waals surface area contributed by atoms with Gasteiger partial charge in [-0.2, -0.15) is 0 Å². The van der Waals surface area contributed by atoms with Crippen LogP contribution in [0.4, 0.5) is 4.39 Å². The van der Waals surface area contributed by atoms with E-state index >= 15 is 0 Å². The lowest BCUT2D eigenvalue weighted by molar-refractivity contribution is 0.132. The highest BCUT2D eigenvalue weighted by atomic mass is 19.1. The molecule has 2 aromatic carbocycles. The van der Waals surface area contributed by atoms with E-state index in [-0.39, 0.29) is 5.82 Å². The molecule has 0 aliphatic carbocycles. The number of aryl methyl sites for hydroxylation is 1. The predicted octanol–water partition coefficient (Wildman–Crippen LogP) is 3.94. The van der Waals surface area contributed by atoms with Crippen molar-refractivity contribution < 1.29 is 9.23 Å². The zero-order valence-electron chi connectivity index (χ0n) is 10.8. The molecule has 0 bridgehead atoms. The summed E-state index contributed by atoms with van der Waals surface area (Å²) in [6.07, 6.45) is 2.38. The van der Waals surface area contributed by atoms with Crippen LogP contribution in [0, 0.1) is 5.82 Å². The number of hydrogen-bond acceptors (Lipinski definition) is 2. The highest BCUT2D eigenvalue weighted by Gasteiger charge is 1.97. The van der Waals surface area contributed by atoms with Gasteiger partial charge in [0.05, 0.1) is 6.21 Å². The van der Waals surface area contributed by atoms with Gasteiger partial charge in [0.2, 0.25) is 0 Å². The van der Waals surface area contributed by atoms with Gasteiger partial charge in [0.1, 0.15) is 12.4 Å². The maximum Gasteiger partial charge on any atom is 0.142 e. The molecule has 0 spiro atoms. The summed E-state index contributed by atoms with van der Waals surface area (Å²) in [5, 5.41) is 3.79. The Morgan fingerprint density at radius 2 is 1.89 bits per heavy atom. The molecule has 0 unspecified atom stereocenters. The zero-order valence-corrected chi connectivity index (χ0v) is 10.8. The molecule has 2 rings (SSSR count). The van der Waals surface area contributed by atoms with Crippen molar-refractivity contribution in [2.45, 2.75) is 20.0 Å². The van der Waals surface area contributed by atoms with Crippen molar-refractivity contribution in [2.24, 2.45) is 5.16 Å². The summed E-state index contributed by atoms with van der Waals surface area (Å²) in [6, 6.07) is 14.6. The van der Waals surface area contributed by atoms with E-state index in [9.17, 15) is 4.39 Å². The van der Waals surface area contributed by atoms with Crippen LogP contribution < -0.4 is 0 Å². The standard InChI is InChI=1S/C16H16FNO/c1-2-13-6-5-7-14(10-13)12-19-18-11-15-8-3-4-9-16(15)17/h3-11H,2,12H2,1H3. The molecule has 0 radical (unpaired) electrons. The molecule has 0 heterocycles. The fourth-order valence-corrected chi connectivity index (χ4v) is 1.73. The molecule has 2 nitrogen and oxygen atoms in total. The Bertz CT molecular complexity index is 566. The summed E-state index contributed by atoms with van der Waals surface area (Å²) in [5.74, 6) is -0.303. The third-order valence-corrected chi connectivity index (χ3v) is 2.80. The van der Waals surface area contributed by atoms with Crippen molar-refractivity contribution in [3.63, 3.8) is 0 Å². The molecule has 0 amide bonds. The van der Waals surface area contributed by atoms with Gasteiger partial charge >= 0.3 is 0 Å². The molecule has 0 atom stereocenters. The van der Waals surface area contributed by atoms with E-state index < -0.39 is 0 Å². The first-order valence-electron chi connectivity index (χ1n) is 6.27. The van der Waals surface area contributed by atoms with Gasteiger partial charge in [-0.15, -0.1) is 0 Å². The first-order valence-corrected chi connectivity index (χ1v) is 6.27. The summed E-state index contributed by atoms with van der Waals surface area (Å²) in [5.41, 5.74) is 2.74. The highest BCUT2D eigenvalue weighted by molar-refractivity contribution is 5.79. The van der Waals surface area contributed by atoms with Crippen LogP contribution in [0.2, 0.25) is 0 Å². The number of rotatable bonds is 5. The van der Waals surface area contributed by atoms with E-state index in [1.165, 1.54) is 17.8 Å². The topological polar surface area (TPSA) is 21.6 Å². The van der Waals surface area contributed by atoms with Crippen molar-refractivity contribution in [1.82, 2.24) is 0 Å². The average Bonchev–Trinajstić information content (AvgIpc) is 2.45. The molecule has 0 aromatic heterocycles. The van der Waals surface area contributed by atoms with Crippen LogP contribution in [0.5, 0.6) is 0 Å². The normalized spacial score (nSPS) is 10.8. The lowest BCUT2D eigenvalue weighted by Gasteiger charge is -2.02. The second kappa shape index (κ2) is 6.69. The van der Waals surface area contributed by atoms with Gasteiger partial charge in [-0.3, -0.25) is 0 Å². The minimum Gasteiger partial charge on any atom is -0.391 e. The average molecular weight is 257 g/mol. The molecule has 0 saturated carbocycles. The largest absolute Gasteiger partial charge is 0.391 e. The van der Waals surface area contributed by atoms with E-state index in [1.54, 1.807) is 18.2 Å². The van der Waals surface area contributed by atoms with Gasteiger partial charge in [-0.1, -0.05) is 54.5 Å². The third-order valence-electron chi connectivity index (χ3n) is 2.80. The Labute approximate surface area is 112 Å². The molecule has 0 fully saturated rings. The maximum atomic E-state index is 13.3. The van der Waals surface area contributed by atoms with Gasteiger partial charge < -0.3 is 4.84 Å². The smallest absolute Gasteiger partial charge is 0.142 e. The van der Waals surface area contributed by atoms with Crippen LogP contribution in [0.1, 0.15) is 23.6 Å². The van der Waals surface area contributed by atoms with E-state index in [0.29, 0.717) is 12.2 Å². The van der Waals surface area contributed by atoms with E-state index in [4.69, 9.17) is 4.84 Å². The van der Waals surface area contributed by atoms with Crippen molar-refractivity contribution in [3.8, 4) is 0 Å². The molecule has 19 heavy (non-hydrogen) atoms. The highest BCUT2D eigenvalue weighted by Crippen LogP contribution is 2.08. The SMILES string of the molecule is CCc1cccc(CON=Cc2ccccc2F)c1. The molecule has 2 aromatic rings. The van der Waals surface area contributed by atoms with Crippen molar-refractivity contribution in [1.29, 1.82) is 0 Å². The Hall–Kier alpha value is -2.16. The number of halogens is 1. The fraction of sp³-hybridized carbons (Fsp3) is 0.188. The summed E-state index contributed by atoms with van der Waals surface area (Å²) in [4.78, 5) is 5.18. The predicted molar refractivity (Wildman–Crippen MR) is 74.6 cm³/mol. The van der Waals surface area contributed by atoms with Gasteiger partial charge in [-0.25, -0.2) is 4.39 Å². The Balaban J connectivity index is 1.91. The Morgan fingerprint density at radius 1 is 1.11 bits per heavy atom. The Kier molecular flexibility index (Phi) is 4.67. The third kappa shape index (κ3) is 3.91. The van der Waals surface area contributed by atoms with E-state index in [1.807, 2.05) is 12.1 Å². The van der Waals surface area contributed by atoms with Crippen LogP contribution >= 0.6 is 0 Å². The Morgan fingerprint density at radius 3 is 2.68 bits per heavy atom. The summed E-state index contributed by atoms with van der Waals surface area (Å²) < 4.78 is 13.3. The fourth-order valence-electron chi connectivity index (χ4n) is 1.73. The zero-order chi connectivity index (χ0) is 13.5. The summed E-state index contributed by atoms with van der Waals surface area (Å²) in [6.45, 7) is 2.50. The minimum atomic E-state index is -0.303. The molecular weight excluding hydrogens is 241 g/mol. The van der Waals surface area contributed by atoms with Crippen molar-refractivity contribution in [2.75, 3.05) is 0 Å². The summed E-state index contributed by atoms with van der Waals surface area (Å²) in [7, 11) is 0. The van der Waals surface area contributed by atoms with E-state index in [0.717, 1.165) is 12.0 Å². The number of nitrogens with zero attached hydrogens (tertiary/aromatic N) is 1. The van der Waals surface area contributed by atoms with Gasteiger partial charge in [0, 0.05) is 5.56 Å². The van der Waals surface area contributed by atoms with Crippen LogP contribution in [-0.4, -0.2) is 6.21 Å². The summed E-state index contributed by atoms with van der Waals surface area (Å²) >= 11 is 0. The van der Waals surface area contributed by atoms with Gasteiger partial charge in [-0.05, 0) is 23.6 Å². The van der Waals surface area contributed by atoms with Gasteiger partial charge in [0.25, 0.3) is 0 Å². The van der Waals surface area contributed by atoms with Crippen LogP contribution in [0.25, 0.3) is 0 Å². The lowest BCUT2D eigenvalue weighted by atomic mass is 10.1. The first kappa shape index (κ1) is 13.3. The monoisotopic (exact) mass is 257 g/mol. The second-order valence-electron chi connectivity index (χ2n) is 4.20. The van der Waals surface area contributed by atoms with E-state index in [2.05, 4.69) is 24.2 Å². The maximum absolute atomic E-state index is 13.3. The first-order chi connectivity index (χ1) is 9.29. The van der Waals surface area contributed by atoms with Crippen LogP contribution in [0.15, 0.2) is 53.7 Å². The molecule has 98 valence electrons.